The Balaban J connectivity index is 2.22. The SMILES string of the molecule is C[C@@H]1CN(C(=O)c2cc(Cl)ccc2Cl)C[C@H](C)O1. The van der Waals surface area contributed by atoms with Crippen molar-refractivity contribution in [3.63, 3.8) is 0 Å². The first-order chi connectivity index (χ1) is 8.47. The highest BCUT2D eigenvalue weighted by Gasteiger charge is 2.27. The minimum absolute atomic E-state index is 0.0376. The molecule has 1 saturated heterocycles. The first kappa shape index (κ1) is 13.7. The molecule has 0 aromatic heterocycles. The van der Waals surface area contributed by atoms with Crippen LogP contribution in [0.3, 0.4) is 0 Å². The predicted molar refractivity (Wildman–Crippen MR) is 72.4 cm³/mol. The lowest BCUT2D eigenvalue weighted by Crippen LogP contribution is -2.48. The van der Waals surface area contributed by atoms with Gasteiger partial charge in [-0.1, -0.05) is 23.2 Å². The van der Waals surface area contributed by atoms with Gasteiger partial charge in [-0.05, 0) is 32.0 Å². The molecule has 2 atom stereocenters. The van der Waals surface area contributed by atoms with Crippen LogP contribution in [-0.4, -0.2) is 36.1 Å². The minimum Gasteiger partial charge on any atom is -0.372 e. The number of amides is 1. The summed E-state index contributed by atoms with van der Waals surface area (Å²) >= 11 is 11.9. The number of halogens is 2. The van der Waals surface area contributed by atoms with E-state index in [0.717, 1.165) is 0 Å². The van der Waals surface area contributed by atoms with Crippen molar-refractivity contribution < 1.29 is 9.53 Å². The van der Waals surface area contributed by atoms with Gasteiger partial charge >= 0.3 is 0 Å². The number of morpholine rings is 1. The molecule has 2 rings (SSSR count). The van der Waals surface area contributed by atoms with Crippen LogP contribution in [0.4, 0.5) is 0 Å². The minimum atomic E-state index is -0.0931. The molecule has 0 N–H and O–H groups in total. The van der Waals surface area contributed by atoms with Gasteiger partial charge in [0.05, 0.1) is 22.8 Å². The van der Waals surface area contributed by atoms with Crippen molar-refractivity contribution in [1.29, 1.82) is 0 Å². The monoisotopic (exact) mass is 287 g/mol. The van der Waals surface area contributed by atoms with Gasteiger partial charge < -0.3 is 9.64 Å². The van der Waals surface area contributed by atoms with Gasteiger partial charge in [-0.2, -0.15) is 0 Å². The number of benzene rings is 1. The molecule has 1 aliphatic rings. The summed E-state index contributed by atoms with van der Waals surface area (Å²) in [5, 5.41) is 0.938. The summed E-state index contributed by atoms with van der Waals surface area (Å²) in [6.45, 7) is 5.06. The first-order valence-corrected chi connectivity index (χ1v) is 6.62. The Morgan fingerprint density at radius 1 is 1.28 bits per heavy atom. The molecule has 3 nitrogen and oxygen atoms in total. The Labute approximate surface area is 117 Å². The Bertz CT molecular complexity index is 454. The predicted octanol–water partition coefficient (Wildman–Crippen LogP) is 3.24. The lowest BCUT2D eigenvalue weighted by molar-refractivity contribution is -0.0586. The summed E-state index contributed by atoms with van der Waals surface area (Å²) in [4.78, 5) is 14.2. The maximum absolute atomic E-state index is 12.4. The lowest BCUT2D eigenvalue weighted by atomic mass is 10.1. The van der Waals surface area contributed by atoms with Crippen molar-refractivity contribution in [2.24, 2.45) is 0 Å². The number of hydrogen-bond acceptors (Lipinski definition) is 2. The molecule has 98 valence electrons. The zero-order chi connectivity index (χ0) is 13.3. The quantitative estimate of drug-likeness (QED) is 0.794. The van der Waals surface area contributed by atoms with Crippen LogP contribution in [0.1, 0.15) is 24.2 Å². The third kappa shape index (κ3) is 2.97. The molecular formula is C13H15Cl2NO2. The van der Waals surface area contributed by atoms with Crippen molar-refractivity contribution in [1.82, 2.24) is 4.90 Å². The molecule has 1 heterocycles. The standard InChI is InChI=1S/C13H15Cl2NO2/c1-8-6-16(7-9(2)18-8)13(17)11-5-10(14)3-4-12(11)15/h3-5,8-9H,6-7H2,1-2H3/t8-,9+. The third-order valence-corrected chi connectivity index (χ3v) is 3.43. The lowest BCUT2D eigenvalue weighted by Gasteiger charge is -2.35. The summed E-state index contributed by atoms with van der Waals surface area (Å²) in [6, 6.07) is 4.92. The van der Waals surface area contributed by atoms with E-state index in [1.165, 1.54) is 0 Å². The normalized spacial score (nSPS) is 24.1. The van der Waals surface area contributed by atoms with E-state index in [1.54, 1.807) is 23.1 Å². The fourth-order valence-corrected chi connectivity index (χ4v) is 2.55. The fourth-order valence-electron chi connectivity index (χ4n) is 2.18. The van der Waals surface area contributed by atoms with E-state index in [4.69, 9.17) is 27.9 Å². The van der Waals surface area contributed by atoms with E-state index in [2.05, 4.69) is 0 Å². The summed E-state index contributed by atoms with van der Waals surface area (Å²) in [7, 11) is 0. The van der Waals surface area contributed by atoms with Crippen LogP contribution < -0.4 is 0 Å². The molecule has 1 fully saturated rings. The van der Waals surface area contributed by atoms with E-state index in [1.807, 2.05) is 13.8 Å². The molecule has 1 aliphatic heterocycles. The molecule has 5 heteroatoms. The van der Waals surface area contributed by atoms with Crippen molar-refractivity contribution in [2.45, 2.75) is 26.1 Å². The van der Waals surface area contributed by atoms with E-state index in [9.17, 15) is 4.79 Å². The molecule has 0 saturated carbocycles. The highest BCUT2D eigenvalue weighted by Crippen LogP contribution is 2.23. The molecule has 0 bridgehead atoms. The number of carbonyl (C=O) groups is 1. The van der Waals surface area contributed by atoms with Crippen molar-refractivity contribution in [3.8, 4) is 0 Å². The Morgan fingerprint density at radius 3 is 2.50 bits per heavy atom. The van der Waals surface area contributed by atoms with Gasteiger partial charge in [0.25, 0.3) is 5.91 Å². The molecule has 1 amide bonds. The van der Waals surface area contributed by atoms with E-state index < -0.39 is 0 Å². The molecule has 0 radical (unpaired) electrons. The second kappa shape index (κ2) is 5.47. The van der Waals surface area contributed by atoms with Crippen LogP contribution in [0, 0.1) is 0 Å². The Morgan fingerprint density at radius 2 is 1.89 bits per heavy atom. The number of carbonyl (C=O) groups excluding carboxylic acids is 1. The van der Waals surface area contributed by atoms with Gasteiger partial charge in [-0.25, -0.2) is 0 Å². The summed E-state index contributed by atoms with van der Waals surface area (Å²) in [6.07, 6.45) is 0.0753. The van der Waals surface area contributed by atoms with Crippen LogP contribution >= 0.6 is 23.2 Å². The average molecular weight is 288 g/mol. The second-order valence-electron chi connectivity index (χ2n) is 4.59. The van der Waals surface area contributed by atoms with Crippen molar-refractivity contribution in [2.75, 3.05) is 13.1 Å². The molecule has 18 heavy (non-hydrogen) atoms. The highest BCUT2D eigenvalue weighted by atomic mass is 35.5. The van der Waals surface area contributed by atoms with E-state index >= 15 is 0 Å². The van der Waals surface area contributed by atoms with Crippen LogP contribution in [0.25, 0.3) is 0 Å². The molecular weight excluding hydrogens is 273 g/mol. The van der Waals surface area contributed by atoms with Gasteiger partial charge in [0.2, 0.25) is 0 Å². The maximum atomic E-state index is 12.4. The van der Waals surface area contributed by atoms with Gasteiger partial charge in [-0.15, -0.1) is 0 Å². The van der Waals surface area contributed by atoms with Gasteiger partial charge in [0.1, 0.15) is 0 Å². The maximum Gasteiger partial charge on any atom is 0.255 e. The van der Waals surface area contributed by atoms with Crippen LogP contribution in [0.2, 0.25) is 10.0 Å². The summed E-state index contributed by atoms with van der Waals surface area (Å²) in [5.41, 5.74) is 0.450. The molecule has 1 aromatic rings. The summed E-state index contributed by atoms with van der Waals surface area (Å²) < 4.78 is 5.60. The fraction of sp³-hybridized carbons (Fsp3) is 0.462. The van der Waals surface area contributed by atoms with Crippen LogP contribution in [0.15, 0.2) is 18.2 Å². The van der Waals surface area contributed by atoms with Crippen molar-refractivity contribution in [3.05, 3.63) is 33.8 Å². The smallest absolute Gasteiger partial charge is 0.255 e. The first-order valence-electron chi connectivity index (χ1n) is 5.87. The van der Waals surface area contributed by atoms with Gasteiger partial charge in [-0.3, -0.25) is 4.79 Å². The van der Waals surface area contributed by atoms with Crippen LogP contribution in [0.5, 0.6) is 0 Å². The van der Waals surface area contributed by atoms with E-state index in [-0.39, 0.29) is 18.1 Å². The van der Waals surface area contributed by atoms with E-state index in [0.29, 0.717) is 28.7 Å². The molecule has 0 spiro atoms. The largest absolute Gasteiger partial charge is 0.372 e. The molecule has 0 unspecified atom stereocenters. The zero-order valence-corrected chi connectivity index (χ0v) is 11.8. The molecule has 0 aliphatic carbocycles. The zero-order valence-electron chi connectivity index (χ0n) is 10.3. The number of rotatable bonds is 1. The third-order valence-electron chi connectivity index (χ3n) is 2.87. The topological polar surface area (TPSA) is 29.5 Å². The Kier molecular flexibility index (Phi) is 4.15. The second-order valence-corrected chi connectivity index (χ2v) is 5.44. The van der Waals surface area contributed by atoms with Crippen LogP contribution in [-0.2, 0) is 4.74 Å². The van der Waals surface area contributed by atoms with Gasteiger partial charge in [0, 0.05) is 18.1 Å². The Hall–Kier alpha value is -0.770. The molecule has 1 aromatic carbocycles. The average Bonchev–Trinajstić information content (AvgIpc) is 2.30. The number of ether oxygens (including phenoxy) is 1. The highest BCUT2D eigenvalue weighted by molar-refractivity contribution is 6.35. The number of nitrogens with zero attached hydrogens (tertiary/aromatic N) is 1. The van der Waals surface area contributed by atoms with Crippen molar-refractivity contribution >= 4 is 29.1 Å². The summed E-state index contributed by atoms with van der Waals surface area (Å²) in [5.74, 6) is -0.0931. The van der Waals surface area contributed by atoms with Gasteiger partial charge in [0.15, 0.2) is 0 Å². The number of hydrogen-bond donors (Lipinski definition) is 0.